The van der Waals surface area contributed by atoms with Gasteiger partial charge in [0.1, 0.15) is 12.1 Å². The molecule has 1 N–H and O–H groups in total. The first-order valence-electron chi connectivity index (χ1n) is 8.74. The van der Waals surface area contributed by atoms with E-state index in [4.69, 9.17) is 0 Å². The molecule has 1 saturated heterocycles. The summed E-state index contributed by atoms with van der Waals surface area (Å²) >= 11 is 0. The van der Waals surface area contributed by atoms with Crippen molar-refractivity contribution >= 4 is 11.8 Å². The van der Waals surface area contributed by atoms with Gasteiger partial charge >= 0.3 is 0 Å². The highest BCUT2D eigenvalue weighted by Crippen LogP contribution is 2.36. The second kappa shape index (κ2) is 5.98. The van der Waals surface area contributed by atoms with E-state index in [0.717, 1.165) is 32.1 Å². The Hall–Kier alpha value is -1.06. The van der Waals surface area contributed by atoms with Gasteiger partial charge in [0.25, 0.3) is 0 Å². The van der Waals surface area contributed by atoms with Crippen LogP contribution in [-0.2, 0) is 9.59 Å². The maximum absolute atomic E-state index is 13.0. The van der Waals surface area contributed by atoms with Gasteiger partial charge in [0.15, 0.2) is 0 Å². The fourth-order valence-electron chi connectivity index (χ4n) is 4.44. The number of nitrogens with zero attached hydrogens (tertiary/aromatic N) is 1. The standard InChI is InChI=1S/C17H28N2O2/c1-3-14-16(20)18-15(12-7-5-4-6-8-12)17(21)19(14)13-9-11(2)10-13/h11-15H,3-10H2,1-2H3,(H,18,20). The zero-order valence-electron chi connectivity index (χ0n) is 13.3. The molecule has 0 bridgehead atoms. The van der Waals surface area contributed by atoms with Crippen LogP contribution in [0.1, 0.15) is 65.2 Å². The van der Waals surface area contributed by atoms with Gasteiger partial charge in [-0.3, -0.25) is 9.59 Å². The molecule has 4 nitrogen and oxygen atoms in total. The van der Waals surface area contributed by atoms with Gasteiger partial charge in [-0.15, -0.1) is 0 Å². The lowest BCUT2D eigenvalue weighted by Crippen LogP contribution is -2.68. The van der Waals surface area contributed by atoms with E-state index in [9.17, 15) is 9.59 Å². The number of carbonyl (C=O) groups is 2. The van der Waals surface area contributed by atoms with Crippen LogP contribution in [0.3, 0.4) is 0 Å². The first-order chi connectivity index (χ1) is 10.1. The van der Waals surface area contributed by atoms with Crippen LogP contribution < -0.4 is 5.32 Å². The van der Waals surface area contributed by atoms with Crippen molar-refractivity contribution in [3.8, 4) is 0 Å². The Bertz CT molecular complexity index is 411. The molecule has 0 radical (unpaired) electrons. The van der Waals surface area contributed by atoms with Crippen LogP contribution in [0.4, 0.5) is 0 Å². The number of nitrogens with one attached hydrogen (secondary N) is 1. The summed E-state index contributed by atoms with van der Waals surface area (Å²) in [7, 11) is 0. The van der Waals surface area contributed by atoms with Gasteiger partial charge in [-0.25, -0.2) is 0 Å². The summed E-state index contributed by atoms with van der Waals surface area (Å²) in [6.45, 7) is 4.23. The van der Waals surface area contributed by atoms with E-state index >= 15 is 0 Å². The van der Waals surface area contributed by atoms with Gasteiger partial charge in [0.05, 0.1) is 0 Å². The Balaban J connectivity index is 1.77. The van der Waals surface area contributed by atoms with Crippen LogP contribution in [0.2, 0.25) is 0 Å². The van der Waals surface area contributed by atoms with Crippen molar-refractivity contribution < 1.29 is 9.59 Å². The second-order valence-corrected chi connectivity index (χ2v) is 7.28. The van der Waals surface area contributed by atoms with Crippen molar-refractivity contribution in [3.63, 3.8) is 0 Å². The lowest BCUT2D eigenvalue weighted by molar-refractivity contribution is -0.157. The zero-order valence-corrected chi connectivity index (χ0v) is 13.3. The molecule has 0 aromatic heterocycles. The lowest BCUT2D eigenvalue weighted by Gasteiger charge is -2.50. The molecule has 4 heteroatoms. The van der Waals surface area contributed by atoms with Crippen LogP contribution in [0.25, 0.3) is 0 Å². The molecule has 0 aromatic carbocycles. The highest BCUT2D eigenvalue weighted by Gasteiger charge is 2.47. The third kappa shape index (κ3) is 2.69. The Labute approximate surface area is 127 Å². The number of amides is 2. The molecule has 3 rings (SSSR count). The minimum atomic E-state index is -0.253. The Morgan fingerprint density at radius 3 is 2.38 bits per heavy atom. The minimum Gasteiger partial charge on any atom is -0.342 e. The van der Waals surface area contributed by atoms with Gasteiger partial charge in [-0.2, -0.15) is 0 Å². The monoisotopic (exact) mass is 292 g/mol. The molecule has 1 aliphatic heterocycles. The third-order valence-electron chi connectivity index (χ3n) is 5.71. The molecule has 2 amide bonds. The van der Waals surface area contributed by atoms with Crippen LogP contribution in [-0.4, -0.2) is 34.8 Å². The molecule has 0 aromatic rings. The first kappa shape index (κ1) is 14.9. The smallest absolute Gasteiger partial charge is 0.246 e. The van der Waals surface area contributed by atoms with Crippen LogP contribution in [0.5, 0.6) is 0 Å². The van der Waals surface area contributed by atoms with E-state index in [-0.39, 0.29) is 23.9 Å². The molecule has 21 heavy (non-hydrogen) atoms. The van der Waals surface area contributed by atoms with Crippen molar-refractivity contribution in [2.75, 3.05) is 0 Å². The van der Waals surface area contributed by atoms with Crippen molar-refractivity contribution in [2.24, 2.45) is 11.8 Å². The van der Waals surface area contributed by atoms with Gasteiger partial charge in [0.2, 0.25) is 11.8 Å². The fraction of sp³-hybridized carbons (Fsp3) is 0.882. The van der Waals surface area contributed by atoms with E-state index in [1.807, 2.05) is 11.8 Å². The second-order valence-electron chi connectivity index (χ2n) is 7.28. The normalized spacial score (nSPS) is 38.1. The molecule has 1 heterocycles. The zero-order chi connectivity index (χ0) is 15.0. The Morgan fingerprint density at radius 2 is 1.81 bits per heavy atom. The summed E-state index contributed by atoms with van der Waals surface area (Å²) in [5.41, 5.74) is 0. The maximum atomic E-state index is 13.0. The van der Waals surface area contributed by atoms with E-state index in [1.165, 1.54) is 19.3 Å². The Morgan fingerprint density at radius 1 is 1.14 bits per heavy atom. The van der Waals surface area contributed by atoms with Gasteiger partial charge in [-0.1, -0.05) is 33.1 Å². The van der Waals surface area contributed by atoms with Gasteiger partial charge in [-0.05, 0) is 43.9 Å². The van der Waals surface area contributed by atoms with E-state index < -0.39 is 0 Å². The van der Waals surface area contributed by atoms with Crippen molar-refractivity contribution in [1.82, 2.24) is 10.2 Å². The number of hydrogen-bond acceptors (Lipinski definition) is 2. The molecule has 2 unspecified atom stereocenters. The summed E-state index contributed by atoms with van der Waals surface area (Å²) in [6.07, 6.45) is 8.68. The molecule has 2 saturated carbocycles. The molecule has 3 aliphatic rings. The SMILES string of the molecule is CCC1C(=O)NC(C2CCCCC2)C(=O)N1C1CC(C)C1. The molecule has 2 atom stereocenters. The molecule has 118 valence electrons. The first-order valence-corrected chi connectivity index (χ1v) is 8.74. The third-order valence-corrected chi connectivity index (χ3v) is 5.71. The topological polar surface area (TPSA) is 49.4 Å². The number of hydrogen-bond donors (Lipinski definition) is 1. The average Bonchev–Trinajstić information content (AvgIpc) is 2.47. The fourth-order valence-corrected chi connectivity index (χ4v) is 4.44. The highest BCUT2D eigenvalue weighted by molar-refractivity contribution is 5.97. The molecule has 3 fully saturated rings. The van der Waals surface area contributed by atoms with E-state index in [0.29, 0.717) is 17.9 Å². The molecule has 0 spiro atoms. The molecular formula is C17H28N2O2. The Kier molecular flexibility index (Phi) is 4.23. The number of piperazine rings is 1. The molecule has 2 aliphatic carbocycles. The van der Waals surface area contributed by atoms with Crippen LogP contribution in [0.15, 0.2) is 0 Å². The van der Waals surface area contributed by atoms with Crippen LogP contribution >= 0.6 is 0 Å². The minimum absolute atomic E-state index is 0.0761. The number of carbonyl (C=O) groups excluding carboxylic acids is 2. The lowest BCUT2D eigenvalue weighted by atomic mass is 9.77. The summed E-state index contributed by atoms with van der Waals surface area (Å²) < 4.78 is 0. The predicted octanol–water partition coefficient (Wildman–Crippen LogP) is 2.47. The summed E-state index contributed by atoms with van der Waals surface area (Å²) in [5, 5.41) is 3.05. The highest BCUT2D eigenvalue weighted by atomic mass is 16.2. The van der Waals surface area contributed by atoms with E-state index in [2.05, 4.69) is 12.2 Å². The summed E-state index contributed by atoms with van der Waals surface area (Å²) in [5.74, 6) is 1.32. The quantitative estimate of drug-likeness (QED) is 0.868. The van der Waals surface area contributed by atoms with Crippen molar-refractivity contribution in [1.29, 1.82) is 0 Å². The average molecular weight is 292 g/mol. The largest absolute Gasteiger partial charge is 0.342 e. The molecular weight excluding hydrogens is 264 g/mol. The van der Waals surface area contributed by atoms with Gasteiger partial charge in [0, 0.05) is 6.04 Å². The number of rotatable bonds is 3. The van der Waals surface area contributed by atoms with Gasteiger partial charge < -0.3 is 10.2 Å². The van der Waals surface area contributed by atoms with Crippen molar-refractivity contribution in [2.45, 2.75) is 83.3 Å². The van der Waals surface area contributed by atoms with Crippen molar-refractivity contribution in [3.05, 3.63) is 0 Å². The summed E-state index contributed by atoms with van der Waals surface area (Å²) in [4.78, 5) is 27.4. The predicted molar refractivity (Wildman–Crippen MR) is 81.6 cm³/mol. The summed E-state index contributed by atoms with van der Waals surface area (Å²) in [6, 6.07) is -0.194. The maximum Gasteiger partial charge on any atom is 0.246 e. The van der Waals surface area contributed by atoms with E-state index in [1.54, 1.807) is 0 Å². The van der Waals surface area contributed by atoms with Crippen LogP contribution in [0, 0.1) is 11.8 Å².